The molecule has 0 unspecified atom stereocenters. The van der Waals surface area contributed by atoms with Crippen molar-refractivity contribution >= 4 is 16.8 Å². The fourth-order valence-corrected chi connectivity index (χ4v) is 3.27. The molecule has 0 saturated carbocycles. The molecule has 0 spiro atoms. The minimum atomic E-state index is -0.158. The Morgan fingerprint density at radius 2 is 2.16 bits per heavy atom. The number of nitrogens with zero attached hydrogens (tertiary/aromatic N) is 5. The number of aryl methyl sites for hydroxylation is 1. The first-order valence-corrected chi connectivity index (χ1v) is 8.55. The summed E-state index contributed by atoms with van der Waals surface area (Å²) >= 11 is 0. The highest BCUT2D eigenvalue weighted by Gasteiger charge is 2.17. The van der Waals surface area contributed by atoms with Gasteiger partial charge in [0.25, 0.3) is 5.91 Å². The number of fused-ring (bicyclic) bond motifs is 2. The van der Waals surface area contributed by atoms with Gasteiger partial charge in [-0.05, 0) is 6.07 Å². The third-order valence-electron chi connectivity index (χ3n) is 4.55. The second-order valence-electron chi connectivity index (χ2n) is 6.18. The van der Waals surface area contributed by atoms with Crippen LogP contribution in [0.15, 0.2) is 24.3 Å². The van der Waals surface area contributed by atoms with Crippen LogP contribution in [0.1, 0.15) is 22.1 Å². The van der Waals surface area contributed by atoms with E-state index < -0.39 is 0 Å². The maximum Gasteiger partial charge on any atom is 0.272 e. The second kappa shape index (κ2) is 6.64. The minimum absolute atomic E-state index is 0.158. The van der Waals surface area contributed by atoms with Gasteiger partial charge in [0.2, 0.25) is 0 Å². The number of benzene rings is 1. The van der Waals surface area contributed by atoms with Gasteiger partial charge in [0.05, 0.1) is 5.52 Å². The molecular formula is C17H21N7O. The molecular weight excluding hydrogens is 318 g/mol. The van der Waals surface area contributed by atoms with Gasteiger partial charge < -0.3 is 15.2 Å². The van der Waals surface area contributed by atoms with Crippen LogP contribution in [0.5, 0.6) is 0 Å². The molecule has 1 amide bonds. The van der Waals surface area contributed by atoms with E-state index in [1.807, 2.05) is 31.3 Å². The number of aromatic nitrogens is 5. The first kappa shape index (κ1) is 15.8. The predicted molar refractivity (Wildman–Crippen MR) is 93.3 cm³/mol. The van der Waals surface area contributed by atoms with E-state index in [0.29, 0.717) is 18.7 Å². The summed E-state index contributed by atoms with van der Waals surface area (Å²) in [5.74, 6) is 1.78. The zero-order chi connectivity index (χ0) is 17.2. The third-order valence-corrected chi connectivity index (χ3v) is 4.55. The van der Waals surface area contributed by atoms with Crippen molar-refractivity contribution in [2.75, 3.05) is 19.6 Å². The van der Waals surface area contributed by atoms with Gasteiger partial charge >= 0.3 is 0 Å². The maximum absolute atomic E-state index is 12.5. The van der Waals surface area contributed by atoms with E-state index in [-0.39, 0.29) is 5.91 Å². The molecule has 1 aliphatic rings. The van der Waals surface area contributed by atoms with Gasteiger partial charge in [-0.3, -0.25) is 9.48 Å². The van der Waals surface area contributed by atoms with E-state index in [1.165, 1.54) is 0 Å². The summed E-state index contributed by atoms with van der Waals surface area (Å²) in [7, 11) is 1.85. The minimum Gasteiger partial charge on any atom is -0.350 e. The maximum atomic E-state index is 12.5. The summed E-state index contributed by atoms with van der Waals surface area (Å²) in [5, 5.41) is 20.1. The van der Waals surface area contributed by atoms with Gasteiger partial charge in [-0.2, -0.15) is 5.10 Å². The van der Waals surface area contributed by atoms with Crippen LogP contribution >= 0.6 is 0 Å². The lowest BCUT2D eigenvalue weighted by Crippen LogP contribution is -2.27. The summed E-state index contributed by atoms with van der Waals surface area (Å²) in [4.78, 5) is 12.5. The Labute approximate surface area is 145 Å². The average Bonchev–Trinajstić information content (AvgIpc) is 3.07. The lowest BCUT2D eigenvalue weighted by Gasteiger charge is -2.07. The Kier molecular flexibility index (Phi) is 4.19. The van der Waals surface area contributed by atoms with Crippen LogP contribution in [0.4, 0.5) is 0 Å². The van der Waals surface area contributed by atoms with Crippen LogP contribution in [0.2, 0.25) is 0 Å². The van der Waals surface area contributed by atoms with Crippen LogP contribution in [0, 0.1) is 0 Å². The van der Waals surface area contributed by atoms with Crippen LogP contribution in [0.3, 0.4) is 0 Å². The SMILES string of the molecule is Cn1nc(C(=O)NCCc2nnc3n2CCNCC3)c2ccccc21. The topological polar surface area (TPSA) is 89.7 Å². The molecule has 0 aliphatic carbocycles. The molecule has 8 nitrogen and oxygen atoms in total. The Morgan fingerprint density at radius 1 is 1.28 bits per heavy atom. The molecule has 4 rings (SSSR count). The second-order valence-corrected chi connectivity index (χ2v) is 6.18. The lowest BCUT2D eigenvalue weighted by molar-refractivity contribution is 0.0949. The monoisotopic (exact) mass is 339 g/mol. The summed E-state index contributed by atoms with van der Waals surface area (Å²) in [6, 6.07) is 7.74. The highest BCUT2D eigenvalue weighted by molar-refractivity contribution is 6.04. The first-order chi connectivity index (χ1) is 12.2. The van der Waals surface area contributed by atoms with Gasteiger partial charge in [-0.1, -0.05) is 18.2 Å². The van der Waals surface area contributed by atoms with Gasteiger partial charge in [-0.25, -0.2) is 0 Å². The van der Waals surface area contributed by atoms with Crippen molar-refractivity contribution in [3.05, 3.63) is 41.6 Å². The Morgan fingerprint density at radius 3 is 3.08 bits per heavy atom. The van der Waals surface area contributed by atoms with Crippen LogP contribution in [-0.2, 0) is 26.4 Å². The van der Waals surface area contributed by atoms with E-state index in [9.17, 15) is 4.79 Å². The largest absolute Gasteiger partial charge is 0.350 e. The predicted octanol–water partition coefficient (Wildman–Crippen LogP) is 0.283. The first-order valence-electron chi connectivity index (χ1n) is 8.55. The molecule has 0 radical (unpaired) electrons. The van der Waals surface area contributed by atoms with Crippen molar-refractivity contribution in [3.8, 4) is 0 Å². The number of carbonyl (C=O) groups excluding carboxylic acids is 1. The summed E-state index contributed by atoms with van der Waals surface area (Å²) in [6.07, 6.45) is 1.54. The molecule has 3 aromatic rings. The van der Waals surface area contributed by atoms with Crippen molar-refractivity contribution in [2.45, 2.75) is 19.4 Å². The normalized spacial score (nSPS) is 14.3. The zero-order valence-electron chi connectivity index (χ0n) is 14.2. The van der Waals surface area contributed by atoms with E-state index in [1.54, 1.807) is 4.68 Å². The molecule has 2 aromatic heterocycles. The van der Waals surface area contributed by atoms with Crippen molar-refractivity contribution in [3.63, 3.8) is 0 Å². The number of hydrogen-bond acceptors (Lipinski definition) is 5. The van der Waals surface area contributed by atoms with Crippen molar-refractivity contribution in [2.24, 2.45) is 7.05 Å². The number of amides is 1. The summed E-state index contributed by atoms with van der Waals surface area (Å²) in [6.45, 7) is 3.23. The van der Waals surface area contributed by atoms with Crippen LogP contribution in [-0.4, -0.2) is 50.1 Å². The van der Waals surface area contributed by atoms with Gasteiger partial charge in [0.1, 0.15) is 11.6 Å². The van der Waals surface area contributed by atoms with Crippen molar-refractivity contribution in [1.82, 2.24) is 35.2 Å². The van der Waals surface area contributed by atoms with Gasteiger partial charge in [0, 0.05) is 51.5 Å². The van der Waals surface area contributed by atoms with Crippen molar-refractivity contribution < 1.29 is 4.79 Å². The highest BCUT2D eigenvalue weighted by Crippen LogP contribution is 2.17. The summed E-state index contributed by atoms with van der Waals surface area (Å²) < 4.78 is 3.89. The number of rotatable bonds is 4. The fraction of sp³-hybridized carbons (Fsp3) is 0.412. The number of nitrogens with one attached hydrogen (secondary N) is 2. The molecule has 0 atom stereocenters. The zero-order valence-corrected chi connectivity index (χ0v) is 14.2. The number of carbonyl (C=O) groups is 1. The van der Waals surface area contributed by atoms with E-state index in [4.69, 9.17) is 0 Å². The Balaban J connectivity index is 1.43. The van der Waals surface area contributed by atoms with E-state index >= 15 is 0 Å². The van der Waals surface area contributed by atoms with Crippen molar-refractivity contribution in [1.29, 1.82) is 0 Å². The molecule has 130 valence electrons. The molecule has 3 heterocycles. The molecule has 2 N–H and O–H groups in total. The van der Waals surface area contributed by atoms with E-state index in [2.05, 4.69) is 30.5 Å². The summed E-state index contributed by atoms with van der Waals surface area (Å²) in [5.41, 5.74) is 1.41. The smallest absolute Gasteiger partial charge is 0.272 e. The number of para-hydroxylation sites is 1. The third kappa shape index (κ3) is 3.00. The highest BCUT2D eigenvalue weighted by atomic mass is 16.1. The van der Waals surface area contributed by atoms with Crippen LogP contribution < -0.4 is 10.6 Å². The standard InChI is InChI=1S/C17H21N7O/c1-23-13-5-3-2-4-12(13)16(22-23)17(25)19-9-7-15-21-20-14-6-8-18-10-11-24(14)15/h2-5,18H,6-11H2,1H3,(H,19,25). The quantitative estimate of drug-likeness (QED) is 0.713. The fourth-order valence-electron chi connectivity index (χ4n) is 3.27. The van der Waals surface area contributed by atoms with E-state index in [0.717, 1.165) is 48.6 Å². The Hall–Kier alpha value is -2.74. The molecule has 1 aromatic carbocycles. The molecule has 0 bridgehead atoms. The molecule has 0 saturated heterocycles. The molecule has 1 aliphatic heterocycles. The lowest BCUT2D eigenvalue weighted by atomic mass is 10.2. The van der Waals surface area contributed by atoms with Gasteiger partial charge in [0.15, 0.2) is 5.69 Å². The molecule has 25 heavy (non-hydrogen) atoms. The van der Waals surface area contributed by atoms with Crippen LogP contribution in [0.25, 0.3) is 10.9 Å². The Bertz CT molecular complexity index is 911. The molecule has 0 fully saturated rings. The average molecular weight is 339 g/mol. The molecule has 8 heteroatoms. The number of hydrogen-bond donors (Lipinski definition) is 2. The van der Waals surface area contributed by atoms with Gasteiger partial charge in [-0.15, -0.1) is 10.2 Å².